The molecule has 0 N–H and O–H groups in total. The van der Waals surface area contributed by atoms with Crippen molar-refractivity contribution < 1.29 is 45.3 Å². The summed E-state index contributed by atoms with van der Waals surface area (Å²) in [6, 6.07) is 13.4. The van der Waals surface area contributed by atoms with Gasteiger partial charge >= 0.3 is 0 Å². The monoisotopic (exact) mass is 700 g/mol. The Morgan fingerprint density at radius 1 is 0.520 bits per heavy atom. The third-order valence-corrected chi connectivity index (χ3v) is 8.32. The molecule has 0 amide bonds. The van der Waals surface area contributed by atoms with E-state index in [0.717, 1.165) is 63.5 Å². The summed E-state index contributed by atoms with van der Waals surface area (Å²) in [6.07, 6.45) is 7.47. The molecule has 0 radical (unpaired) electrons. The van der Waals surface area contributed by atoms with E-state index in [1.807, 2.05) is 0 Å². The highest BCUT2D eigenvalue weighted by atomic mass is 19.2. The summed E-state index contributed by atoms with van der Waals surface area (Å²) < 4.78 is 102. The average molecular weight is 701 g/mol. The molecule has 0 unspecified atom stereocenters. The van der Waals surface area contributed by atoms with E-state index in [-0.39, 0.29) is 51.7 Å². The van der Waals surface area contributed by atoms with E-state index in [9.17, 15) is 31.1 Å². The Hall–Kier alpha value is -4.47. The molecule has 4 rings (SSSR count). The molecular formula is C40H42F6O4. The second-order valence-electron chi connectivity index (χ2n) is 12.1. The first-order chi connectivity index (χ1) is 24.1. The van der Waals surface area contributed by atoms with Gasteiger partial charge in [-0.15, -0.1) is 0 Å². The van der Waals surface area contributed by atoms with Gasteiger partial charge in [0.2, 0.25) is 5.82 Å². The zero-order valence-corrected chi connectivity index (χ0v) is 28.4. The van der Waals surface area contributed by atoms with Crippen LogP contribution in [0.15, 0.2) is 60.7 Å². The third-order valence-electron chi connectivity index (χ3n) is 8.32. The van der Waals surface area contributed by atoms with Gasteiger partial charge in [-0.2, -0.15) is 4.39 Å². The van der Waals surface area contributed by atoms with Crippen LogP contribution in [0, 0.1) is 41.8 Å². The molecule has 50 heavy (non-hydrogen) atoms. The van der Waals surface area contributed by atoms with Crippen molar-refractivity contribution in [2.24, 2.45) is 0 Å². The minimum Gasteiger partial charge on any atom is -0.493 e. The zero-order chi connectivity index (χ0) is 36.0. The fourth-order valence-electron chi connectivity index (χ4n) is 5.53. The van der Waals surface area contributed by atoms with Crippen molar-refractivity contribution in [1.29, 1.82) is 0 Å². The number of hydrogen-bond donors (Lipinski definition) is 0. The van der Waals surface area contributed by atoms with Crippen molar-refractivity contribution in [3.63, 3.8) is 0 Å². The van der Waals surface area contributed by atoms with E-state index in [0.29, 0.717) is 31.8 Å². The highest BCUT2D eigenvalue weighted by molar-refractivity contribution is 5.78. The van der Waals surface area contributed by atoms with Gasteiger partial charge in [0.1, 0.15) is 28.9 Å². The van der Waals surface area contributed by atoms with Crippen LogP contribution < -0.4 is 14.2 Å². The number of rotatable bonds is 20. The maximum Gasteiger partial charge on any atom is 0.201 e. The SMILES string of the molecule is CCOc1ccc(-c2ccc(OCCCCCCC(=O)CCCCCCOc3ccc(-c4ccc(C)c(F)c4F)c(F)c3)cc2F)c(F)c1F. The minimum atomic E-state index is -1.18. The van der Waals surface area contributed by atoms with Gasteiger partial charge in [-0.3, -0.25) is 4.79 Å². The summed E-state index contributed by atoms with van der Waals surface area (Å²) in [5.74, 6) is -5.25. The van der Waals surface area contributed by atoms with Gasteiger partial charge in [0.05, 0.1) is 19.8 Å². The maximum absolute atomic E-state index is 14.7. The molecule has 0 aromatic heterocycles. The molecule has 268 valence electrons. The lowest BCUT2D eigenvalue weighted by atomic mass is 10.0. The van der Waals surface area contributed by atoms with Gasteiger partial charge in [0.25, 0.3) is 0 Å². The van der Waals surface area contributed by atoms with Gasteiger partial charge in [-0.1, -0.05) is 37.8 Å². The third kappa shape index (κ3) is 10.5. The van der Waals surface area contributed by atoms with Crippen molar-refractivity contribution in [3.8, 4) is 39.5 Å². The van der Waals surface area contributed by atoms with Crippen molar-refractivity contribution in [2.75, 3.05) is 19.8 Å². The maximum atomic E-state index is 14.7. The number of ketones is 1. The zero-order valence-electron chi connectivity index (χ0n) is 28.4. The van der Waals surface area contributed by atoms with Crippen molar-refractivity contribution in [1.82, 2.24) is 0 Å². The first-order valence-corrected chi connectivity index (χ1v) is 17.0. The van der Waals surface area contributed by atoms with Crippen LogP contribution in [0.2, 0.25) is 0 Å². The summed E-state index contributed by atoms with van der Waals surface area (Å²) >= 11 is 0. The number of Topliss-reactive ketones (excluding diaryl/α,β-unsaturated/α-hetero) is 1. The van der Waals surface area contributed by atoms with Crippen LogP contribution >= 0.6 is 0 Å². The molecule has 0 atom stereocenters. The predicted octanol–water partition coefficient (Wildman–Crippen LogP) is 11.5. The molecule has 0 bridgehead atoms. The fraction of sp³-hybridized carbons (Fsp3) is 0.375. The molecule has 0 aliphatic rings. The Morgan fingerprint density at radius 3 is 1.48 bits per heavy atom. The summed E-state index contributed by atoms with van der Waals surface area (Å²) in [5, 5.41) is 0. The van der Waals surface area contributed by atoms with Crippen LogP contribution in [0.4, 0.5) is 26.3 Å². The number of benzene rings is 4. The van der Waals surface area contributed by atoms with Gasteiger partial charge < -0.3 is 14.2 Å². The van der Waals surface area contributed by atoms with E-state index in [2.05, 4.69) is 0 Å². The predicted molar refractivity (Wildman–Crippen MR) is 182 cm³/mol. The second-order valence-corrected chi connectivity index (χ2v) is 12.1. The van der Waals surface area contributed by atoms with Crippen LogP contribution in [0.5, 0.6) is 17.2 Å². The van der Waals surface area contributed by atoms with Gasteiger partial charge in [0.15, 0.2) is 23.2 Å². The molecule has 4 nitrogen and oxygen atoms in total. The van der Waals surface area contributed by atoms with Crippen LogP contribution in [-0.2, 0) is 4.79 Å². The van der Waals surface area contributed by atoms with Crippen LogP contribution in [0.25, 0.3) is 22.3 Å². The van der Waals surface area contributed by atoms with Crippen molar-refractivity contribution in [2.45, 2.75) is 78.1 Å². The second kappa shape index (κ2) is 19.1. The number of ether oxygens (including phenoxy) is 3. The van der Waals surface area contributed by atoms with E-state index in [1.54, 1.807) is 6.92 Å². The highest BCUT2D eigenvalue weighted by Gasteiger charge is 2.19. The lowest BCUT2D eigenvalue weighted by Gasteiger charge is -2.11. The van der Waals surface area contributed by atoms with E-state index >= 15 is 0 Å². The van der Waals surface area contributed by atoms with Crippen molar-refractivity contribution in [3.05, 3.63) is 101 Å². The molecule has 0 aliphatic heterocycles. The number of carbonyl (C=O) groups excluding carboxylic acids is 1. The fourth-order valence-corrected chi connectivity index (χ4v) is 5.53. The summed E-state index contributed by atoms with van der Waals surface area (Å²) in [6.45, 7) is 4.00. The quantitative estimate of drug-likeness (QED) is 0.0680. The van der Waals surface area contributed by atoms with Crippen LogP contribution in [0.1, 0.15) is 76.7 Å². The standard InChI is InChI=1S/C40H42F6O4/c1-3-48-36-21-20-33(39(45)40(36)46)31-19-16-29(25-35(31)42)50-23-11-7-5-9-13-27(47)12-8-4-6-10-22-49-28-15-18-30(34(41)24-28)32-17-14-26(2)37(43)38(32)44/h14-21,24-25H,3-13,22-23H2,1-2H3. The van der Waals surface area contributed by atoms with Gasteiger partial charge in [0, 0.05) is 47.2 Å². The Balaban J connectivity index is 1.03. The lowest BCUT2D eigenvalue weighted by Crippen LogP contribution is -2.01. The minimum absolute atomic E-state index is 0.0364. The Labute approximate surface area is 289 Å². The Bertz CT molecular complexity index is 1740. The normalized spacial score (nSPS) is 11.1. The highest BCUT2D eigenvalue weighted by Crippen LogP contribution is 2.33. The molecular weight excluding hydrogens is 658 g/mol. The van der Waals surface area contributed by atoms with Gasteiger partial charge in [-0.05, 0) is 81.5 Å². The molecule has 4 aromatic carbocycles. The molecule has 0 fully saturated rings. The molecule has 0 aliphatic carbocycles. The molecule has 10 heteroatoms. The number of halogens is 6. The van der Waals surface area contributed by atoms with Gasteiger partial charge in [-0.25, -0.2) is 22.0 Å². The molecule has 0 spiro atoms. The first kappa shape index (κ1) is 38.3. The summed E-state index contributed by atoms with van der Waals surface area (Å²) in [4.78, 5) is 12.2. The average Bonchev–Trinajstić information content (AvgIpc) is 3.09. The summed E-state index contributed by atoms with van der Waals surface area (Å²) in [5.41, 5.74) is -0.306. The van der Waals surface area contributed by atoms with E-state index in [1.165, 1.54) is 55.5 Å². The smallest absolute Gasteiger partial charge is 0.201 e. The Morgan fingerprint density at radius 2 is 0.980 bits per heavy atom. The number of carbonyl (C=O) groups is 1. The largest absolute Gasteiger partial charge is 0.493 e. The van der Waals surface area contributed by atoms with Crippen LogP contribution in [0.3, 0.4) is 0 Å². The lowest BCUT2D eigenvalue weighted by molar-refractivity contribution is -0.119. The molecule has 4 aromatic rings. The number of aryl methyl sites for hydroxylation is 1. The molecule has 0 saturated heterocycles. The van der Waals surface area contributed by atoms with E-state index in [4.69, 9.17) is 14.2 Å². The summed E-state index contributed by atoms with van der Waals surface area (Å²) in [7, 11) is 0. The first-order valence-electron chi connectivity index (χ1n) is 17.0. The van der Waals surface area contributed by atoms with Crippen molar-refractivity contribution >= 4 is 5.78 Å². The number of unbranched alkanes of at least 4 members (excludes halogenated alkanes) is 6. The van der Waals surface area contributed by atoms with Crippen LogP contribution in [-0.4, -0.2) is 25.6 Å². The molecule has 0 heterocycles. The molecule has 0 saturated carbocycles. The topological polar surface area (TPSA) is 44.8 Å². The Kier molecular flexibility index (Phi) is 14.6. The van der Waals surface area contributed by atoms with E-state index < -0.39 is 34.9 Å². The number of hydrogen-bond acceptors (Lipinski definition) is 4.